The van der Waals surface area contributed by atoms with Gasteiger partial charge in [0.05, 0.1) is 36.4 Å². The average molecular weight is 414 g/mol. The molecule has 0 spiro atoms. The summed E-state index contributed by atoms with van der Waals surface area (Å²) in [4.78, 5) is 12.0. The first kappa shape index (κ1) is 20.9. The van der Waals surface area contributed by atoms with E-state index in [4.69, 9.17) is 25.8 Å². The number of hydrogen-bond donors (Lipinski definition) is 0. The van der Waals surface area contributed by atoms with Crippen molar-refractivity contribution in [1.29, 1.82) is 0 Å². The highest BCUT2D eigenvalue weighted by Gasteiger charge is 2.30. The van der Waals surface area contributed by atoms with Gasteiger partial charge in [0.15, 0.2) is 0 Å². The van der Waals surface area contributed by atoms with E-state index >= 15 is 0 Å². The SMILES string of the molecule is CCOC(=O)CN(c1ccccc1OC)S(=O)(=O)c1ccc(OC)c(Cl)c1. The Kier molecular flexibility index (Phi) is 6.92. The van der Waals surface area contributed by atoms with Gasteiger partial charge in [0.2, 0.25) is 0 Å². The topological polar surface area (TPSA) is 82.1 Å². The van der Waals surface area contributed by atoms with Crippen molar-refractivity contribution in [2.24, 2.45) is 0 Å². The van der Waals surface area contributed by atoms with Gasteiger partial charge >= 0.3 is 5.97 Å². The lowest BCUT2D eigenvalue weighted by atomic mass is 10.3. The summed E-state index contributed by atoms with van der Waals surface area (Å²) in [5.41, 5.74) is 0.208. The van der Waals surface area contributed by atoms with Crippen LogP contribution >= 0.6 is 11.6 Å². The van der Waals surface area contributed by atoms with E-state index in [0.29, 0.717) is 11.5 Å². The Morgan fingerprint density at radius 2 is 1.74 bits per heavy atom. The van der Waals surface area contributed by atoms with E-state index in [1.54, 1.807) is 31.2 Å². The molecule has 0 bridgehead atoms. The van der Waals surface area contributed by atoms with E-state index in [-0.39, 0.29) is 22.2 Å². The number of carbonyl (C=O) groups excluding carboxylic acids is 1. The molecule has 2 rings (SSSR count). The lowest BCUT2D eigenvalue weighted by molar-refractivity contribution is -0.141. The highest BCUT2D eigenvalue weighted by Crippen LogP contribution is 2.34. The normalized spacial score (nSPS) is 11.0. The van der Waals surface area contributed by atoms with Gasteiger partial charge in [-0.05, 0) is 37.3 Å². The number of halogens is 1. The van der Waals surface area contributed by atoms with Gasteiger partial charge in [-0.2, -0.15) is 0 Å². The molecule has 27 heavy (non-hydrogen) atoms. The van der Waals surface area contributed by atoms with Crippen molar-refractivity contribution in [2.45, 2.75) is 11.8 Å². The zero-order valence-corrected chi connectivity index (χ0v) is 16.7. The molecule has 0 fully saturated rings. The molecule has 0 saturated carbocycles. The van der Waals surface area contributed by atoms with Gasteiger partial charge in [-0.25, -0.2) is 8.42 Å². The van der Waals surface area contributed by atoms with Crippen molar-refractivity contribution in [3.63, 3.8) is 0 Å². The van der Waals surface area contributed by atoms with Crippen molar-refractivity contribution in [3.05, 3.63) is 47.5 Å². The van der Waals surface area contributed by atoms with Crippen LogP contribution in [-0.4, -0.2) is 41.8 Å². The summed E-state index contributed by atoms with van der Waals surface area (Å²) in [5.74, 6) is -0.0542. The average Bonchev–Trinajstić information content (AvgIpc) is 2.66. The zero-order chi connectivity index (χ0) is 20.0. The molecular formula is C18H20ClNO6S. The van der Waals surface area contributed by atoms with Crippen LogP contribution in [0.1, 0.15) is 6.92 Å². The fourth-order valence-electron chi connectivity index (χ4n) is 2.39. The Morgan fingerprint density at radius 1 is 1.07 bits per heavy atom. The van der Waals surface area contributed by atoms with E-state index in [9.17, 15) is 13.2 Å². The predicted octanol–water partition coefficient (Wildman–Crippen LogP) is 3.12. The lowest BCUT2D eigenvalue weighted by Gasteiger charge is -2.25. The summed E-state index contributed by atoms with van der Waals surface area (Å²) in [5, 5.41) is 0.134. The molecule has 0 saturated heterocycles. The maximum atomic E-state index is 13.3. The van der Waals surface area contributed by atoms with Crippen LogP contribution in [0.25, 0.3) is 0 Å². The van der Waals surface area contributed by atoms with Crippen LogP contribution in [0.15, 0.2) is 47.4 Å². The molecule has 0 aliphatic heterocycles. The van der Waals surface area contributed by atoms with E-state index in [2.05, 4.69) is 0 Å². The summed E-state index contributed by atoms with van der Waals surface area (Å²) in [7, 11) is -1.29. The number of para-hydroxylation sites is 2. The first-order valence-electron chi connectivity index (χ1n) is 8.00. The number of nitrogens with zero attached hydrogens (tertiary/aromatic N) is 1. The van der Waals surface area contributed by atoms with Crippen LogP contribution in [0.2, 0.25) is 5.02 Å². The number of carbonyl (C=O) groups is 1. The number of rotatable bonds is 8. The molecule has 0 radical (unpaired) electrons. The quantitative estimate of drug-likeness (QED) is 0.618. The second-order valence-electron chi connectivity index (χ2n) is 5.28. The molecule has 0 heterocycles. The van der Waals surface area contributed by atoms with Crippen LogP contribution in [-0.2, 0) is 19.6 Å². The van der Waals surface area contributed by atoms with E-state index in [1.165, 1.54) is 32.4 Å². The molecule has 0 atom stereocenters. The minimum absolute atomic E-state index is 0.0940. The van der Waals surface area contributed by atoms with Crippen molar-refractivity contribution >= 4 is 33.3 Å². The fraction of sp³-hybridized carbons (Fsp3) is 0.278. The third-order valence-electron chi connectivity index (χ3n) is 3.64. The van der Waals surface area contributed by atoms with Gasteiger partial charge in [0.1, 0.15) is 18.0 Å². The van der Waals surface area contributed by atoms with Gasteiger partial charge in [0, 0.05) is 0 Å². The van der Waals surface area contributed by atoms with E-state index in [0.717, 1.165) is 4.31 Å². The smallest absolute Gasteiger partial charge is 0.326 e. The molecule has 0 aromatic heterocycles. The van der Waals surface area contributed by atoms with Crippen LogP contribution < -0.4 is 13.8 Å². The van der Waals surface area contributed by atoms with Crippen molar-refractivity contribution in [1.82, 2.24) is 0 Å². The third kappa shape index (κ3) is 4.64. The maximum Gasteiger partial charge on any atom is 0.326 e. The van der Waals surface area contributed by atoms with Crippen LogP contribution in [0.3, 0.4) is 0 Å². The standard InChI is InChI=1S/C18H20ClNO6S/c1-4-26-18(21)12-20(15-7-5-6-8-17(15)25-3)27(22,23)13-9-10-16(24-2)14(19)11-13/h5-11H,4,12H2,1-3H3. The first-order chi connectivity index (χ1) is 12.8. The summed E-state index contributed by atoms with van der Waals surface area (Å²) in [6, 6.07) is 10.6. The maximum absolute atomic E-state index is 13.3. The summed E-state index contributed by atoms with van der Waals surface area (Å²) in [6.07, 6.45) is 0. The fourth-order valence-corrected chi connectivity index (χ4v) is 4.16. The van der Waals surface area contributed by atoms with Crippen molar-refractivity contribution in [3.8, 4) is 11.5 Å². The molecule has 9 heteroatoms. The number of methoxy groups -OCH3 is 2. The van der Waals surface area contributed by atoms with Gasteiger partial charge in [-0.3, -0.25) is 9.10 Å². The number of sulfonamides is 1. The van der Waals surface area contributed by atoms with Crippen LogP contribution in [0.4, 0.5) is 5.69 Å². The minimum atomic E-state index is -4.14. The molecule has 0 unspecified atom stereocenters. The Balaban J connectivity index is 2.57. The summed E-state index contributed by atoms with van der Waals surface area (Å²) in [6.45, 7) is 1.26. The molecule has 0 aliphatic carbocycles. The number of benzene rings is 2. The number of esters is 1. The van der Waals surface area contributed by atoms with Crippen molar-refractivity contribution < 1.29 is 27.4 Å². The first-order valence-corrected chi connectivity index (χ1v) is 9.81. The van der Waals surface area contributed by atoms with Gasteiger partial charge in [0.25, 0.3) is 10.0 Å². The summed E-state index contributed by atoms with van der Waals surface area (Å²) >= 11 is 6.08. The van der Waals surface area contributed by atoms with E-state index in [1.807, 2.05) is 0 Å². The third-order valence-corrected chi connectivity index (χ3v) is 5.69. The largest absolute Gasteiger partial charge is 0.495 e. The van der Waals surface area contributed by atoms with E-state index < -0.39 is 22.5 Å². The Labute approximate surface area is 163 Å². The second kappa shape index (κ2) is 8.96. The Bertz CT molecular complexity index is 916. The molecule has 2 aromatic rings. The minimum Gasteiger partial charge on any atom is -0.495 e. The number of anilines is 1. The summed E-state index contributed by atoms with van der Waals surface area (Å²) < 4.78 is 42.7. The number of hydrogen-bond acceptors (Lipinski definition) is 6. The monoisotopic (exact) mass is 413 g/mol. The highest BCUT2D eigenvalue weighted by atomic mass is 35.5. The van der Waals surface area contributed by atoms with Gasteiger partial charge in [-0.15, -0.1) is 0 Å². The van der Waals surface area contributed by atoms with Crippen LogP contribution in [0, 0.1) is 0 Å². The van der Waals surface area contributed by atoms with Gasteiger partial charge in [-0.1, -0.05) is 23.7 Å². The molecule has 7 nitrogen and oxygen atoms in total. The zero-order valence-electron chi connectivity index (χ0n) is 15.1. The second-order valence-corrected chi connectivity index (χ2v) is 7.55. The molecular weight excluding hydrogens is 394 g/mol. The molecule has 0 amide bonds. The molecule has 0 N–H and O–H groups in total. The number of ether oxygens (including phenoxy) is 3. The lowest BCUT2D eigenvalue weighted by Crippen LogP contribution is -2.36. The van der Waals surface area contributed by atoms with Crippen LogP contribution in [0.5, 0.6) is 11.5 Å². The molecule has 0 aliphatic rings. The van der Waals surface area contributed by atoms with Gasteiger partial charge < -0.3 is 14.2 Å². The molecule has 146 valence electrons. The predicted molar refractivity (Wildman–Crippen MR) is 102 cm³/mol. The molecule has 2 aromatic carbocycles. The van der Waals surface area contributed by atoms with Crippen molar-refractivity contribution in [2.75, 3.05) is 31.7 Å². The Hall–Kier alpha value is -2.45. The highest BCUT2D eigenvalue weighted by molar-refractivity contribution is 7.92. The Morgan fingerprint density at radius 3 is 2.33 bits per heavy atom.